The Hall–Kier alpha value is -4.24. The minimum atomic E-state index is -0.168. The number of tetrazole rings is 1. The van der Waals surface area contributed by atoms with E-state index in [-0.39, 0.29) is 11.6 Å². The molecule has 0 unspecified atom stereocenters. The molecule has 38 heavy (non-hydrogen) atoms. The number of para-hydroxylation sites is 1. The van der Waals surface area contributed by atoms with Crippen LogP contribution in [0.15, 0.2) is 70.1 Å². The lowest BCUT2D eigenvalue weighted by molar-refractivity contribution is 0.159. The van der Waals surface area contributed by atoms with Crippen LogP contribution < -0.4 is 10.3 Å². The van der Waals surface area contributed by atoms with Crippen molar-refractivity contribution in [3.63, 3.8) is 0 Å². The van der Waals surface area contributed by atoms with Gasteiger partial charge in [-0.25, -0.2) is 4.68 Å². The van der Waals surface area contributed by atoms with Crippen molar-refractivity contribution in [1.82, 2.24) is 30.1 Å². The number of H-pyrrole nitrogens is 1. The Kier molecular flexibility index (Phi) is 7.37. The summed E-state index contributed by atoms with van der Waals surface area (Å²) in [5.74, 6) is 2.27. The first-order valence-electron chi connectivity index (χ1n) is 12.7. The molecule has 0 aliphatic rings. The van der Waals surface area contributed by atoms with Crippen molar-refractivity contribution in [2.24, 2.45) is 0 Å². The summed E-state index contributed by atoms with van der Waals surface area (Å²) in [4.78, 5) is 18.7. The Morgan fingerprint density at radius 3 is 2.61 bits per heavy atom. The molecule has 0 fully saturated rings. The third-order valence-electron chi connectivity index (χ3n) is 7.03. The number of benzene rings is 2. The predicted molar refractivity (Wildman–Crippen MR) is 145 cm³/mol. The maximum absolute atomic E-state index is 13.3. The van der Waals surface area contributed by atoms with Crippen LogP contribution in [0.4, 0.5) is 0 Å². The summed E-state index contributed by atoms with van der Waals surface area (Å²) >= 11 is 0. The maximum atomic E-state index is 13.3. The van der Waals surface area contributed by atoms with Crippen LogP contribution in [-0.2, 0) is 19.6 Å². The Morgan fingerprint density at radius 1 is 1.05 bits per heavy atom. The highest BCUT2D eigenvalue weighted by atomic mass is 16.5. The van der Waals surface area contributed by atoms with Crippen molar-refractivity contribution in [3.05, 3.63) is 105 Å². The average molecular weight is 513 g/mol. The monoisotopic (exact) mass is 512 g/mol. The number of nitrogens with one attached hydrogen (secondary N) is 1. The van der Waals surface area contributed by atoms with Crippen molar-refractivity contribution in [2.45, 2.75) is 52.9 Å². The summed E-state index contributed by atoms with van der Waals surface area (Å²) in [6.07, 6.45) is 2.37. The van der Waals surface area contributed by atoms with Gasteiger partial charge in [-0.1, -0.05) is 37.3 Å². The number of rotatable bonds is 10. The highest BCUT2D eigenvalue weighted by molar-refractivity contribution is 5.85. The van der Waals surface area contributed by atoms with Gasteiger partial charge < -0.3 is 14.1 Å². The number of fused-ring (bicyclic) bond motifs is 1. The molecule has 0 saturated heterocycles. The highest BCUT2D eigenvalue weighted by Gasteiger charge is 2.27. The van der Waals surface area contributed by atoms with Crippen molar-refractivity contribution in [3.8, 4) is 5.75 Å². The van der Waals surface area contributed by atoms with Crippen LogP contribution in [-0.4, -0.2) is 37.2 Å². The molecule has 5 rings (SSSR count). The smallest absolute Gasteiger partial charge is 0.252 e. The summed E-state index contributed by atoms with van der Waals surface area (Å²) in [6, 6.07) is 17.7. The molecule has 3 heterocycles. The Bertz CT molecular complexity index is 1590. The molecule has 0 aliphatic heterocycles. The van der Waals surface area contributed by atoms with E-state index >= 15 is 0 Å². The number of hydrogen-bond acceptors (Lipinski definition) is 7. The van der Waals surface area contributed by atoms with E-state index in [0.717, 1.165) is 45.5 Å². The lowest BCUT2D eigenvalue weighted by atomic mass is 10.0. The summed E-state index contributed by atoms with van der Waals surface area (Å²) in [5.41, 5.74) is 4.65. The summed E-state index contributed by atoms with van der Waals surface area (Å²) in [6.45, 7) is 7.54. The third kappa shape index (κ3) is 5.10. The van der Waals surface area contributed by atoms with E-state index in [1.54, 1.807) is 18.1 Å². The van der Waals surface area contributed by atoms with Gasteiger partial charge in [-0.05, 0) is 66.1 Å². The standard InChI is InChI=1S/C29H32N6O3/c1-5-25(28-31-32-33-35(28)18-23-10-8-14-38-23)34(16-21-9-6-7-11-26(21)37-4)17-22-15-24-19(2)12-13-20(3)27(24)30-29(22)36/h6-15,25H,5,16-18H2,1-4H3,(H,30,36)/t25-/m0/s1. The number of hydrogen-bond donors (Lipinski definition) is 1. The number of aromatic nitrogens is 5. The molecule has 9 nitrogen and oxygen atoms in total. The molecule has 5 aromatic rings. The molecule has 0 aliphatic carbocycles. The first kappa shape index (κ1) is 25.4. The number of furan rings is 1. The second kappa shape index (κ2) is 11.0. The van der Waals surface area contributed by atoms with Gasteiger partial charge in [0.25, 0.3) is 5.56 Å². The molecule has 0 amide bonds. The number of aryl methyl sites for hydroxylation is 2. The number of aromatic amines is 1. The van der Waals surface area contributed by atoms with Crippen molar-refractivity contribution < 1.29 is 9.15 Å². The van der Waals surface area contributed by atoms with Gasteiger partial charge in [-0.15, -0.1) is 5.10 Å². The zero-order chi connectivity index (χ0) is 26.6. The SMILES string of the molecule is CC[C@@H](c1nnnn1Cc1ccco1)N(Cc1ccccc1OC)Cc1cc2c(C)ccc(C)c2[nH]c1=O. The molecular formula is C29H32N6O3. The van der Waals surface area contributed by atoms with Crippen LogP contribution in [0.5, 0.6) is 5.75 Å². The van der Waals surface area contributed by atoms with Crippen molar-refractivity contribution in [2.75, 3.05) is 7.11 Å². The molecule has 196 valence electrons. The first-order valence-corrected chi connectivity index (χ1v) is 12.7. The molecule has 1 N–H and O–H groups in total. The fraction of sp³-hybridized carbons (Fsp3) is 0.310. The van der Waals surface area contributed by atoms with Crippen LogP contribution in [0.1, 0.15) is 53.2 Å². The quantitative estimate of drug-likeness (QED) is 0.283. The van der Waals surface area contributed by atoms with Crippen LogP contribution >= 0.6 is 0 Å². The van der Waals surface area contributed by atoms with E-state index in [1.165, 1.54) is 0 Å². The molecule has 0 saturated carbocycles. The lowest BCUT2D eigenvalue weighted by Crippen LogP contribution is -2.32. The van der Waals surface area contributed by atoms with Gasteiger partial charge >= 0.3 is 0 Å². The summed E-state index contributed by atoms with van der Waals surface area (Å²) in [5, 5.41) is 13.7. The third-order valence-corrected chi connectivity index (χ3v) is 7.03. The Labute approximate surface area is 221 Å². The largest absolute Gasteiger partial charge is 0.496 e. The molecule has 0 bridgehead atoms. The second-order valence-corrected chi connectivity index (χ2v) is 9.53. The Morgan fingerprint density at radius 2 is 1.84 bits per heavy atom. The van der Waals surface area contributed by atoms with Crippen LogP contribution in [0.2, 0.25) is 0 Å². The van der Waals surface area contributed by atoms with Crippen molar-refractivity contribution in [1.29, 1.82) is 0 Å². The van der Waals surface area contributed by atoms with Crippen LogP contribution in [0, 0.1) is 13.8 Å². The fourth-order valence-corrected chi connectivity index (χ4v) is 5.00. The van der Waals surface area contributed by atoms with E-state index in [2.05, 4.69) is 45.3 Å². The molecule has 2 aromatic carbocycles. The normalized spacial score (nSPS) is 12.3. The van der Waals surface area contributed by atoms with E-state index in [1.807, 2.05) is 55.5 Å². The minimum absolute atomic E-state index is 0.0961. The van der Waals surface area contributed by atoms with Gasteiger partial charge in [0, 0.05) is 29.6 Å². The number of nitrogens with zero attached hydrogens (tertiary/aromatic N) is 5. The van der Waals surface area contributed by atoms with Gasteiger partial charge in [0.05, 0.1) is 24.9 Å². The molecule has 9 heteroatoms. The number of ether oxygens (including phenoxy) is 1. The van der Waals surface area contributed by atoms with Gasteiger partial charge in [0.2, 0.25) is 0 Å². The summed E-state index contributed by atoms with van der Waals surface area (Å²) in [7, 11) is 1.67. The van der Waals surface area contributed by atoms with Crippen LogP contribution in [0.3, 0.4) is 0 Å². The van der Waals surface area contributed by atoms with E-state index in [0.29, 0.717) is 31.0 Å². The number of methoxy groups -OCH3 is 1. The first-order chi connectivity index (χ1) is 18.5. The molecule has 1 atom stereocenters. The zero-order valence-electron chi connectivity index (χ0n) is 22.1. The van der Waals surface area contributed by atoms with E-state index < -0.39 is 0 Å². The Balaban J connectivity index is 1.57. The highest BCUT2D eigenvalue weighted by Crippen LogP contribution is 2.30. The summed E-state index contributed by atoms with van der Waals surface area (Å²) < 4.78 is 13.0. The van der Waals surface area contributed by atoms with Gasteiger partial charge in [-0.2, -0.15) is 0 Å². The van der Waals surface area contributed by atoms with E-state index in [4.69, 9.17) is 9.15 Å². The fourth-order valence-electron chi connectivity index (χ4n) is 5.00. The molecular weight excluding hydrogens is 480 g/mol. The van der Waals surface area contributed by atoms with E-state index in [9.17, 15) is 4.79 Å². The predicted octanol–water partition coefficient (Wildman–Crippen LogP) is 4.93. The minimum Gasteiger partial charge on any atom is -0.496 e. The number of pyridine rings is 1. The second-order valence-electron chi connectivity index (χ2n) is 9.53. The molecule has 3 aromatic heterocycles. The molecule has 0 spiro atoms. The van der Waals surface area contributed by atoms with Gasteiger partial charge in [0.15, 0.2) is 5.82 Å². The van der Waals surface area contributed by atoms with Gasteiger partial charge in [0.1, 0.15) is 18.1 Å². The van der Waals surface area contributed by atoms with Crippen molar-refractivity contribution >= 4 is 10.9 Å². The van der Waals surface area contributed by atoms with Crippen LogP contribution in [0.25, 0.3) is 10.9 Å². The maximum Gasteiger partial charge on any atom is 0.252 e. The average Bonchev–Trinajstić information content (AvgIpc) is 3.61. The topological polar surface area (TPSA) is 102 Å². The van der Waals surface area contributed by atoms with Gasteiger partial charge in [-0.3, -0.25) is 9.69 Å². The lowest BCUT2D eigenvalue weighted by Gasteiger charge is -2.30. The zero-order valence-corrected chi connectivity index (χ0v) is 22.1. The molecule has 0 radical (unpaired) electrons.